The number of likely N-dealkylation sites (tertiary alicyclic amines) is 1. The molecule has 0 saturated carbocycles. The second kappa shape index (κ2) is 5.35. The number of methoxy groups -OCH3 is 1. The van der Waals surface area contributed by atoms with Crippen molar-refractivity contribution in [2.45, 2.75) is 18.9 Å². The summed E-state index contributed by atoms with van der Waals surface area (Å²) < 4.78 is 18.7. The van der Waals surface area contributed by atoms with Crippen LogP contribution in [-0.4, -0.2) is 37.0 Å². The SMILES string of the molecule is COc1ccc(C(=O)N2CCCC(N)C2)c(F)c1. The van der Waals surface area contributed by atoms with Gasteiger partial charge in [-0.05, 0) is 25.0 Å². The maximum absolute atomic E-state index is 13.8. The first-order valence-corrected chi connectivity index (χ1v) is 6.00. The van der Waals surface area contributed by atoms with Crippen molar-refractivity contribution in [1.82, 2.24) is 4.90 Å². The van der Waals surface area contributed by atoms with E-state index in [2.05, 4.69) is 0 Å². The summed E-state index contributed by atoms with van der Waals surface area (Å²) >= 11 is 0. The molecule has 1 aromatic rings. The molecule has 5 heteroatoms. The Balaban J connectivity index is 2.17. The monoisotopic (exact) mass is 252 g/mol. The zero-order valence-corrected chi connectivity index (χ0v) is 10.4. The van der Waals surface area contributed by atoms with Gasteiger partial charge in [0, 0.05) is 25.2 Å². The highest BCUT2D eigenvalue weighted by molar-refractivity contribution is 5.94. The highest BCUT2D eigenvalue weighted by Gasteiger charge is 2.24. The molecule has 2 rings (SSSR count). The van der Waals surface area contributed by atoms with Crippen molar-refractivity contribution >= 4 is 5.91 Å². The number of hydrogen-bond acceptors (Lipinski definition) is 3. The van der Waals surface area contributed by atoms with Gasteiger partial charge in [-0.2, -0.15) is 0 Å². The van der Waals surface area contributed by atoms with Gasteiger partial charge in [-0.1, -0.05) is 0 Å². The van der Waals surface area contributed by atoms with Gasteiger partial charge in [-0.25, -0.2) is 4.39 Å². The Labute approximate surface area is 106 Å². The fourth-order valence-corrected chi connectivity index (χ4v) is 2.16. The van der Waals surface area contributed by atoms with Crippen molar-refractivity contribution in [1.29, 1.82) is 0 Å². The van der Waals surface area contributed by atoms with Gasteiger partial charge in [-0.3, -0.25) is 4.79 Å². The second-order valence-corrected chi connectivity index (χ2v) is 4.50. The van der Waals surface area contributed by atoms with Crippen LogP contribution in [0, 0.1) is 5.82 Å². The number of nitrogens with zero attached hydrogens (tertiary/aromatic N) is 1. The number of benzene rings is 1. The molecular formula is C13H17FN2O2. The van der Waals surface area contributed by atoms with Crippen LogP contribution < -0.4 is 10.5 Å². The summed E-state index contributed by atoms with van der Waals surface area (Å²) in [5.41, 5.74) is 5.89. The molecule has 0 aliphatic carbocycles. The van der Waals surface area contributed by atoms with Crippen molar-refractivity contribution < 1.29 is 13.9 Å². The van der Waals surface area contributed by atoms with Gasteiger partial charge in [0.25, 0.3) is 5.91 Å². The number of rotatable bonds is 2. The molecule has 1 aliphatic rings. The first kappa shape index (κ1) is 12.8. The Kier molecular flexibility index (Phi) is 3.81. The summed E-state index contributed by atoms with van der Waals surface area (Å²) in [4.78, 5) is 13.8. The Bertz CT molecular complexity index is 451. The molecule has 4 nitrogen and oxygen atoms in total. The zero-order valence-electron chi connectivity index (χ0n) is 10.4. The fourth-order valence-electron chi connectivity index (χ4n) is 2.16. The zero-order chi connectivity index (χ0) is 13.1. The Hall–Kier alpha value is -1.62. The molecule has 0 radical (unpaired) electrons. The van der Waals surface area contributed by atoms with Crippen molar-refractivity contribution in [3.63, 3.8) is 0 Å². The third-order valence-corrected chi connectivity index (χ3v) is 3.15. The third kappa shape index (κ3) is 2.61. The van der Waals surface area contributed by atoms with Gasteiger partial charge >= 0.3 is 0 Å². The van der Waals surface area contributed by atoms with E-state index < -0.39 is 5.82 Å². The van der Waals surface area contributed by atoms with E-state index in [0.717, 1.165) is 12.8 Å². The predicted molar refractivity (Wildman–Crippen MR) is 66.1 cm³/mol. The van der Waals surface area contributed by atoms with E-state index in [-0.39, 0.29) is 17.5 Å². The van der Waals surface area contributed by atoms with Gasteiger partial charge in [0.15, 0.2) is 0 Å². The first-order valence-electron chi connectivity index (χ1n) is 6.00. The summed E-state index contributed by atoms with van der Waals surface area (Å²) in [5.74, 6) is -0.455. The van der Waals surface area contributed by atoms with Crippen LogP contribution in [0.2, 0.25) is 0 Å². The molecule has 1 amide bonds. The molecule has 1 heterocycles. The number of carbonyl (C=O) groups excluding carboxylic acids is 1. The molecule has 1 saturated heterocycles. The Morgan fingerprint density at radius 1 is 1.56 bits per heavy atom. The minimum absolute atomic E-state index is 0.0102. The van der Waals surface area contributed by atoms with Crippen molar-refractivity contribution in [3.05, 3.63) is 29.6 Å². The number of nitrogens with two attached hydrogens (primary N) is 1. The second-order valence-electron chi connectivity index (χ2n) is 4.50. The molecule has 1 unspecified atom stereocenters. The average Bonchev–Trinajstić information content (AvgIpc) is 2.37. The van der Waals surface area contributed by atoms with Crippen LogP contribution in [0.15, 0.2) is 18.2 Å². The van der Waals surface area contributed by atoms with Gasteiger partial charge in [0.05, 0.1) is 12.7 Å². The van der Waals surface area contributed by atoms with E-state index in [1.54, 1.807) is 11.0 Å². The minimum Gasteiger partial charge on any atom is -0.497 e. The van der Waals surface area contributed by atoms with E-state index in [1.165, 1.54) is 19.2 Å². The van der Waals surface area contributed by atoms with Crippen molar-refractivity contribution in [2.75, 3.05) is 20.2 Å². The average molecular weight is 252 g/mol. The summed E-state index contributed by atoms with van der Waals surface area (Å²) in [6.45, 7) is 1.13. The van der Waals surface area contributed by atoms with Gasteiger partial charge in [0.2, 0.25) is 0 Å². The van der Waals surface area contributed by atoms with Crippen LogP contribution in [0.25, 0.3) is 0 Å². The first-order chi connectivity index (χ1) is 8.61. The van der Waals surface area contributed by atoms with E-state index in [4.69, 9.17) is 10.5 Å². The van der Waals surface area contributed by atoms with Crippen LogP contribution >= 0.6 is 0 Å². The van der Waals surface area contributed by atoms with Crippen LogP contribution in [0.4, 0.5) is 4.39 Å². The lowest BCUT2D eigenvalue weighted by atomic mass is 10.1. The number of ether oxygens (including phenoxy) is 1. The summed E-state index contributed by atoms with van der Waals surface area (Å²) in [5, 5.41) is 0. The number of amides is 1. The summed E-state index contributed by atoms with van der Waals surface area (Å²) in [6.07, 6.45) is 1.78. The maximum atomic E-state index is 13.8. The molecule has 0 aromatic heterocycles. The van der Waals surface area contributed by atoms with Gasteiger partial charge in [-0.15, -0.1) is 0 Å². The number of halogens is 1. The molecule has 1 aliphatic heterocycles. The molecule has 1 aromatic carbocycles. The molecular weight excluding hydrogens is 235 g/mol. The lowest BCUT2D eigenvalue weighted by molar-refractivity contribution is 0.0704. The lowest BCUT2D eigenvalue weighted by Gasteiger charge is -2.30. The normalized spacial score (nSPS) is 19.7. The number of hydrogen-bond donors (Lipinski definition) is 1. The van der Waals surface area contributed by atoms with Crippen LogP contribution in [-0.2, 0) is 0 Å². The molecule has 18 heavy (non-hydrogen) atoms. The third-order valence-electron chi connectivity index (χ3n) is 3.15. The fraction of sp³-hybridized carbons (Fsp3) is 0.462. The quantitative estimate of drug-likeness (QED) is 0.865. The standard InChI is InChI=1S/C13H17FN2O2/c1-18-10-4-5-11(12(14)7-10)13(17)16-6-2-3-9(15)8-16/h4-5,7,9H,2-3,6,8,15H2,1H3. The molecule has 1 fully saturated rings. The number of carbonyl (C=O) groups is 1. The highest BCUT2D eigenvalue weighted by atomic mass is 19.1. The molecule has 0 spiro atoms. The topological polar surface area (TPSA) is 55.6 Å². The van der Waals surface area contributed by atoms with Crippen LogP contribution in [0.1, 0.15) is 23.2 Å². The lowest BCUT2D eigenvalue weighted by Crippen LogP contribution is -2.45. The predicted octanol–water partition coefficient (Wildman–Crippen LogP) is 1.40. The van der Waals surface area contributed by atoms with Crippen molar-refractivity contribution in [2.24, 2.45) is 5.73 Å². The smallest absolute Gasteiger partial charge is 0.256 e. The Morgan fingerprint density at radius 3 is 2.94 bits per heavy atom. The van der Waals surface area contributed by atoms with E-state index in [9.17, 15) is 9.18 Å². The maximum Gasteiger partial charge on any atom is 0.256 e. The Morgan fingerprint density at radius 2 is 2.33 bits per heavy atom. The van der Waals surface area contributed by atoms with Gasteiger partial charge < -0.3 is 15.4 Å². The largest absolute Gasteiger partial charge is 0.497 e. The molecule has 0 bridgehead atoms. The van der Waals surface area contributed by atoms with Crippen molar-refractivity contribution in [3.8, 4) is 5.75 Å². The number of piperidine rings is 1. The molecule has 2 N–H and O–H groups in total. The van der Waals surface area contributed by atoms with E-state index >= 15 is 0 Å². The van der Waals surface area contributed by atoms with E-state index in [0.29, 0.717) is 18.8 Å². The van der Waals surface area contributed by atoms with E-state index in [1.807, 2.05) is 0 Å². The highest BCUT2D eigenvalue weighted by Crippen LogP contribution is 2.19. The van der Waals surface area contributed by atoms with Crippen LogP contribution in [0.5, 0.6) is 5.75 Å². The van der Waals surface area contributed by atoms with Gasteiger partial charge in [0.1, 0.15) is 11.6 Å². The minimum atomic E-state index is -0.557. The summed E-state index contributed by atoms with van der Waals surface area (Å²) in [7, 11) is 1.46. The molecule has 98 valence electrons. The molecule has 1 atom stereocenters. The van der Waals surface area contributed by atoms with Crippen LogP contribution in [0.3, 0.4) is 0 Å². The summed E-state index contributed by atoms with van der Waals surface area (Å²) in [6, 6.07) is 4.25.